The van der Waals surface area contributed by atoms with Gasteiger partial charge in [0.15, 0.2) is 4.77 Å². The minimum Gasteiger partial charge on any atom is -0.341 e. The lowest BCUT2D eigenvalue weighted by Crippen LogP contribution is -2.29. The Balaban J connectivity index is 1.72. The predicted octanol–water partition coefficient (Wildman–Crippen LogP) is 3.76. The maximum absolute atomic E-state index is 12.6. The molecule has 26 heavy (non-hydrogen) atoms. The van der Waals surface area contributed by atoms with Gasteiger partial charge in [-0.1, -0.05) is 35.9 Å². The summed E-state index contributed by atoms with van der Waals surface area (Å²) in [6.45, 7) is 0.691. The van der Waals surface area contributed by atoms with E-state index in [1.165, 1.54) is 4.57 Å². The second-order valence-corrected chi connectivity index (χ2v) is 6.89. The van der Waals surface area contributed by atoms with Gasteiger partial charge < -0.3 is 9.88 Å². The zero-order chi connectivity index (χ0) is 18.7. The van der Waals surface area contributed by atoms with E-state index in [2.05, 4.69) is 4.98 Å². The van der Waals surface area contributed by atoms with E-state index in [1.807, 2.05) is 24.3 Å². The summed E-state index contributed by atoms with van der Waals surface area (Å²) in [6.07, 6.45) is 0.187. The Morgan fingerprint density at radius 2 is 2.00 bits per heavy atom. The van der Waals surface area contributed by atoms with Crippen LogP contribution in [-0.4, -0.2) is 27.4 Å². The van der Waals surface area contributed by atoms with Crippen molar-refractivity contribution < 1.29 is 4.79 Å². The van der Waals surface area contributed by atoms with Gasteiger partial charge in [0.2, 0.25) is 5.91 Å². The Hall–Kier alpha value is -2.44. The highest BCUT2D eigenvalue weighted by Gasteiger charge is 2.12. The zero-order valence-corrected chi connectivity index (χ0v) is 15.8. The number of hydrogen-bond acceptors (Lipinski definition) is 3. The third-order valence-electron chi connectivity index (χ3n) is 4.17. The van der Waals surface area contributed by atoms with Crippen molar-refractivity contribution in [2.45, 2.75) is 19.5 Å². The summed E-state index contributed by atoms with van der Waals surface area (Å²) in [5, 5.41) is 1.19. The Labute approximate surface area is 160 Å². The Bertz CT molecular complexity index is 1070. The van der Waals surface area contributed by atoms with Crippen LogP contribution in [0.1, 0.15) is 12.0 Å². The van der Waals surface area contributed by atoms with E-state index in [1.54, 1.807) is 36.2 Å². The van der Waals surface area contributed by atoms with E-state index in [-0.39, 0.29) is 24.4 Å². The molecule has 1 N–H and O–H groups in total. The number of benzene rings is 2. The normalized spacial score (nSPS) is 10.8. The van der Waals surface area contributed by atoms with Crippen LogP contribution >= 0.6 is 23.8 Å². The molecule has 1 aromatic heterocycles. The standard InChI is InChI=1S/C19H18ClN3O2S/c1-22(12-13-5-4-6-14(20)11-13)17(24)9-10-23-18(25)15-7-2-3-8-16(15)21-19(23)26/h2-8,11H,9-10,12H2,1H3,(H,21,26). The van der Waals surface area contributed by atoms with E-state index in [9.17, 15) is 9.59 Å². The highest BCUT2D eigenvalue weighted by molar-refractivity contribution is 7.71. The number of halogens is 1. The maximum Gasteiger partial charge on any atom is 0.262 e. The van der Waals surface area contributed by atoms with Crippen molar-refractivity contribution in [3.8, 4) is 0 Å². The van der Waals surface area contributed by atoms with Crippen molar-refractivity contribution in [2.75, 3.05) is 7.05 Å². The first-order valence-electron chi connectivity index (χ1n) is 8.16. The van der Waals surface area contributed by atoms with Crippen LogP contribution in [0.15, 0.2) is 53.3 Å². The number of carbonyl (C=O) groups excluding carboxylic acids is 1. The average Bonchev–Trinajstić information content (AvgIpc) is 2.61. The molecule has 1 amide bonds. The number of aromatic nitrogens is 2. The molecule has 134 valence electrons. The van der Waals surface area contributed by atoms with Gasteiger partial charge in [0.1, 0.15) is 0 Å². The summed E-state index contributed by atoms with van der Waals surface area (Å²) in [4.78, 5) is 29.7. The molecular weight excluding hydrogens is 370 g/mol. The molecule has 0 aliphatic carbocycles. The molecule has 0 bridgehead atoms. The molecule has 0 fully saturated rings. The molecule has 0 radical (unpaired) electrons. The predicted molar refractivity (Wildman–Crippen MR) is 106 cm³/mol. The van der Waals surface area contributed by atoms with Crippen molar-refractivity contribution in [2.24, 2.45) is 0 Å². The van der Waals surface area contributed by atoms with E-state index in [0.717, 1.165) is 5.56 Å². The van der Waals surface area contributed by atoms with Gasteiger partial charge in [-0.2, -0.15) is 0 Å². The van der Waals surface area contributed by atoms with Crippen LogP contribution in [-0.2, 0) is 17.9 Å². The molecule has 0 atom stereocenters. The third kappa shape index (κ3) is 4.03. The van der Waals surface area contributed by atoms with Gasteiger partial charge in [-0.25, -0.2) is 0 Å². The Morgan fingerprint density at radius 1 is 1.23 bits per heavy atom. The molecule has 2 aromatic carbocycles. The summed E-state index contributed by atoms with van der Waals surface area (Å²) in [5.74, 6) is -0.0700. The van der Waals surface area contributed by atoms with Crippen molar-refractivity contribution in [1.29, 1.82) is 0 Å². The lowest BCUT2D eigenvalue weighted by Gasteiger charge is -2.18. The lowest BCUT2D eigenvalue weighted by atomic mass is 10.2. The van der Waals surface area contributed by atoms with Gasteiger partial charge in [-0.15, -0.1) is 0 Å². The van der Waals surface area contributed by atoms with E-state index in [4.69, 9.17) is 23.8 Å². The summed E-state index contributed by atoms with van der Waals surface area (Å²) in [5.41, 5.74) is 1.46. The van der Waals surface area contributed by atoms with Gasteiger partial charge >= 0.3 is 0 Å². The van der Waals surface area contributed by atoms with Gasteiger partial charge in [0, 0.05) is 31.6 Å². The van der Waals surface area contributed by atoms with Crippen LogP contribution in [0.25, 0.3) is 10.9 Å². The molecule has 0 saturated heterocycles. The molecule has 3 aromatic rings. The lowest BCUT2D eigenvalue weighted by molar-refractivity contribution is -0.130. The Kier molecular flexibility index (Phi) is 5.54. The largest absolute Gasteiger partial charge is 0.341 e. The average molecular weight is 388 g/mol. The molecule has 3 rings (SSSR count). The van der Waals surface area contributed by atoms with Crippen LogP contribution in [0.4, 0.5) is 0 Å². The summed E-state index contributed by atoms with van der Waals surface area (Å²) in [6, 6.07) is 14.6. The molecule has 0 unspecified atom stereocenters. The second-order valence-electron chi connectivity index (χ2n) is 6.06. The van der Waals surface area contributed by atoms with E-state index < -0.39 is 0 Å². The minimum atomic E-state index is -0.186. The molecule has 0 saturated carbocycles. The monoisotopic (exact) mass is 387 g/mol. The first-order chi connectivity index (χ1) is 12.5. The fourth-order valence-electron chi connectivity index (χ4n) is 2.80. The van der Waals surface area contributed by atoms with Gasteiger partial charge in [-0.05, 0) is 42.0 Å². The van der Waals surface area contributed by atoms with Crippen LogP contribution in [0.3, 0.4) is 0 Å². The smallest absolute Gasteiger partial charge is 0.262 e. The zero-order valence-electron chi connectivity index (χ0n) is 14.2. The highest BCUT2D eigenvalue weighted by Crippen LogP contribution is 2.13. The summed E-state index contributed by atoms with van der Waals surface area (Å²) in [7, 11) is 1.73. The Morgan fingerprint density at radius 3 is 2.77 bits per heavy atom. The van der Waals surface area contributed by atoms with Crippen LogP contribution < -0.4 is 5.56 Å². The molecule has 7 heteroatoms. The fraction of sp³-hybridized carbons (Fsp3) is 0.211. The van der Waals surface area contributed by atoms with Crippen molar-refractivity contribution in [3.63, 3.8) is 0 Å². The summed E-state index contributed by atoms with van der Waals surface area (Å²) >= 11 is 11.2. The summed E-state index contributed by atoms with van der Waals surface area (Å²) < 4.78 is 1.75. The number of nitrogens with zero attached hydrogens (tertiary/aromatic N) is 2. The number of para-hydroxylation sites is 1. The molecule has 0 aliphatic heterocycles. The molecule has 1 heterocycles. The SMILES string of the molecule is CN(Cc1cccc(Cl)c1)C(=O)CCn1c(=S)[nH]c2ccccc2c1=O. The number of fused-ring (bicyclic) bond motifs is 1. The van der Waals surface area contributed by atoms with E-state index in [0.29, 0.717) is 27.2 Å². The number of nitrogens with one attached hydrogen (secondary N) is 1. The minimum absolute atomic E-state index is 0.0700. The third-order valence-corrected chi connectivity index (χ3v) is 4.73. The van der Waals surface area contributed by atoms with Crippen LogP contribution in [0, 0.1) is 4.77 Å². The van der Waals surface area contributed by atoms with Crippen LogP contribution in [0.5, 0.6) is 0 Å². The van der Waals surface area contributed by atoms with Crippen molar-refractivity contribution >= 4 is 40.6 Å². The molecule has 5 nitrogen and oxygen atoms in total. The fourth-order valence-corrected chi connectivity index (χ4v) is 3.29. The number of rotatable bonds is 5. The second kappa shape index (κ2) is 7.85. The van der Waals surface area contributed by atoms with E-state index >= 15 is 0 Å². The first-order valence-corrected chi connectivity index (χ1v) is 8.94. The van der Waals surface area contributed by atoms with Gasteiger partial charge in [-0.3, -0.25) is 14.2 Å². The maximum atomic E-state index is 12.6. The number of aromatic amines is 1. The molecule has 0 spiro atoms. The molecular formula is C19H18ClN3O2S. The van der Waals surface area contributed by atoms with Gasteiger partial charge in [0.25, 0.3) is 5.56 Å². The van der Waals surface area contributed by atoms with Gasteiger partial charge in [0.05, 0.1) is 10.9 Å². The topological polar surface area (TPSA) is 58.1 Å². The highest BCUT2D eigenvalue weighted by atomic mass is 35.5. The van der Waals surface area contributed by atoms with Crippen LogP contribution in [0.2, 0.25) is 5.02 Å². The number of carbonyl (C=O) groups is 1. The number of amides is 1. The van der Waals surface area contributed by atoms with Crippen molar-refractivity contribution in [3.05, 3.63) is 74.2 Å². The van der Waals surface area contributed by atoms with Crippen molar-refractivity contribution in [1.82, 2.24) is 14.5 Å². The first kappa shape index (κ1) is 18.4. The molecule has 0 aliphatic rings. The number of H-pyrrole nitrogens is 1. The number of hydrogen-bond donors (Lipinski definition) is 1. The quantitative estimate of drug-likeness (QED) is 0.678.